The van der Waals surface area contributed by atoms with Crippen LogP contribution in [0.4, 0.5) is 0 Å². The van der Waals surface area contributed by atoms with E-state index in [0.717, 1.165) is 17.9 Å². The molecule has 1 rings (SSSR count). The summed E-state index contributed by atoms with van der Waals surface area (Å²) in [6.45, 7) is 8.15. The van der Waals surface area contributed by atoms with Gasteiger partial charge in [0.1, 0.15) is 0 Å². The molecule has 1 heterocycles. The SMILES string of the molecule is CC(C)C[C@H]1C[C@@H](C)CN1. The summed E-state index contributed by atoms with van der Waals surface area (Å²) in [6, 6.07) is 0.815. The molecule has 60 valence electrons. The molecule has 1 aliphatic rings. The number of hydrogen-bond donors (Lipinski definition) is 1. The zero-order valence-corrected chi connectivity index (χ0v) is 7.35. The third kappa shape index (κ3) is 2.30. The van der Waals surface area contributed by atoms with Gasteiger partial charge in [-0.1, -0.05) is 20.8 Å². The van der Waals surface area contributed by atoms with E-state index in [1.807, 2.05) is 0 Å². The summed E-state index contributed by atoms with van der Waals surface area (Å²) in [6.07, 6.45) is 2.74. The summed E-state index contributed by atoms with van der Waals surface area (Å²) in [5.41, 5.74) is 0. The monoisotopic (exact) mass is 141 g/mol. The third-order valence-corrected chi connectivity index (χ3v) is 2.20. The zero-order chi connectivity index (χ0) is 7.56. The fourth-order valence-corrected chi connectivity index (χ4v) is 1.77. The Bertz CT molecular complexity index is 98.9. The van der Waals surface area contributed by atoms with Crippen molar-refractivity contribution in [3.8, 4) is 0 Å². The van der Waals surface area contributed by atoms with Gasteiger partial charge in [0.2, 0.25) is 0 Å². The van der Waals surface area contributed by atoms with Gasteiger partial charge in [-0.25, -0.2) is 0 Å². The second-order valence-corrected chi connectivity index (χ2v) is 4.08. The average molecular weight is 141 g/mol. The standard InChI is InChI=1S/C9H19N/c1-7(2)4-9-5-8(3)6-10-9/h7-10H,4-6H2,1-3H3/t8-,9+/m1/s1. The van der Waals surface area contributed by atoms with Crippen molar-refractivity contribution in [3.05, 3.63) is 0 Å². The maximum absolute atomic E-state index is 3.54. The highest BCUT2D eigenvalue weighted by Gasteiger charge is 2.20. The summed E-state index contributed by atoms with van der Waals surface area (Å²) in [7, 11) is 0. The Balaban J connectivity index is 2.18. The molecule has 1 nitrogen and oxygen atoms in total. The van der Waals surface area contributed by atoms with Crippen LogP contribution in [0.1, 0.15) is 33.6 Å². The first-order valence-electron chi connectivity index (χ1n) is 4.42. The highest BCUT2D eigenvalue weighted by molar-refractivity contribution is 4.79. The summed E-state index contributed by atoms with van der Waals surface area (Å²) in [5, 5.41) is 3.54. The first-order valence-corrected chi connectivity index (χ1v) is 4.42. The van der Waals surface area contributed by atoms with E-state index in [1.54, 1.807) is 0 Å². The molecule has 10 heavy (non-hydrogen) atoms. The lowest BCUT2D eigenvalue weighted by atomic mass is 10.00. The maximum Gasteiger partial charge on any atom is 0.00726 e. The molecule has 0 spiro atoms. The molecule has 1 aliphatic heterocycles. The minimum absolute atomic E-state index is 0.815. The summed E-state index contributed by atoms with van der Waals surface area (Å²) < 4.78 is 0. The van der Waals surface area contributed by atoms with Crippen LogP contribution in [0.15, 0.2) is 0 Å². The lowest BCUT2D eigenvalue weighted by molar-refractivity contribution is 0.457. The smallest absolute Gasteiger partial charge is 0.00726 e. The second-order valence-electron chi connectivity index (χ2n) is 4.08. The van der Waals surface area contributed by atoms with Crippen LogP contribution in [0.5, 0.6) is 0 Å². The van der Waals surface area contributed by atoms with E-state index in [0.29, 0.717) is 0 Å². The molecule has 0 saturated carbocycles. The third-order valence-electron chi connectivity index (χ3n) is 2.20. The molecule has 0 bridgehead atoms. The largest absolute Gasteiger partial charge is 0.314 e. The Labute approximate surface area is 64.2 Å². The normalized spacial score (nSPS) is 33.6. The number of nitrogens with one attached hydrogen (secondary N) is 1. The Hall–Kier alpha value is -0.0400. The van der Waals surface area contributed by atoms with Gasteiger partial charge in [-0.3, -0.25) is 0 Å². The lowest BCUT2D eigenvalue weighted by Crippen LogP contribution is -2.22. The second kappa shape index (κ2) is 3.38. The predicted molar refractivity (Wildman–Crippen MR) is 45.0 cm³/mol. The molecule has 0 aromatic rings. The minimum atomic E-state index is 0.815. The molecule has 0 radical (unpaired) electrons. The Morgan fingerprint density at radius 3 is 2.60 bits per heavy atom. The fraction of sp³-hybridized carbons (Fsp3) is 1.00. The highest BCUT2D eigenvalue weighted by Crippen LogP contribution is 2.18. The van der Waals surface area contributed by atoms with Crippen LogP contribution in [0.2, 0.25) is 0 Å². The van der Waals surface area contributed by atoms with Gasteiger partial charge in [0.15, 0.2) is 0 Å². The molecule has 0 aliphatic carbocycles. The van der Waals surface area contributed by atoms with Crippen LogP contribution < -0.4 is 5.32 Å². The zero-order valence-electron chi connectivity index (χ0n) is 7.35. The quantitative estimate of drug-likeness (QED) is 0.620. The van der Waals surface area contributed by atoms with Gasteiger partial charge in [0.25, 0.3) is 0 Å². The summed E-state index contributed by atoms with van der Waals surface area (Å²) in [4.78, 5) is 0. The van der Waals surface area contributed by atoms with Crippen molar-refractivity contribution in [2.45, 2.75) is 39.7 Å². The first-order chi connectivity index (χ1) is 4.68. The predicted octanol–water partition coefficient (Wildman–Crippen LogP) is 2.03. The van der Waals surface area contributed by atoms with E-state index in [9.17, 15) is 0 Å². The van der Waals surface area contributed by atoms with Crippen LogP contribution >= 0.6 is 0 Å². The lowest BCUT2D eigenvalue weighted by Gasteiger charge is -2.11. The molecule has 1 fully saturated rings. The van der Waals surface area contributed by atoms with E-state index < -0.39 is 0 Å². The van der Waals surface area contributed by atoms with Crippen molar-refractivity contribution < 1.29 is 0 Å². The highest BCUT2D eigenvalue weighted by atomic mass is 14.9. The van der Waals surface area contributed by atoms with Gasteiger partial charge < -0.3 is 5.32 Å². The number of hydrogen-bond acceptors (Lipinski definition) is 1. The molecule has 0 aromatic carbocycles. The molecule has 0 unspecified atom stereocenters. The van der Waals surface area contributed by atoms with Crippen molar-refractivity contribution in [2.24, 2.45) is 11.8 Å². The van der Waals surface area contributed by atoms with Crippen molar-refractivity contribution in [1.29, 1.82) is 0 Å². The van der Waals surface area contributed by atoms with Crippen LogP contribution in [0.3, 0.4) is 0 Å². The van der Waals surface area contributed by atoms with E-state index in [2.05, 4.69) is 26.1 Å². The van der Waals surface area contributed by atoms with Crippen molar-refractivity contribution in [2.75, 3.05) is 6.54 Å². The van der Waals surface area contributed by atoms with Crippen LogP contribution in [-0.2, 0) is 0 Å². The van der Waals surface area contributed by atoms with Crippen LogP contribution in [0, 0.1) is 11.8 Å². The van der Waals surface area contributed by atoms with Crippen LogP contribution in [0.25, 0.3) is 0 Å². The fourth-order valence-electron chi connectivity index (χ4n) is 1.77. The van der Waals surface area contributed by atoms with E-state index in [-0.39, 0.29) is 0 Å². The molecular formula is C9H19N. The van der Waals surface area contributed by atoms with Gasteiger partial charge >= 0.3 is 0 Å². The molecule has 2 atom stereocenters. The molecular weight excluding hydrogens is 122 g/mol. The van der Waals surface area contributed by atoms with Gasteiger partial charge in [0, 0.05) is 6.04 Å². The van der Waals surface area contributed by atoms with Gasteiger partial charge in [0.05, 0.1) is 0 Å². The maximum atomic E-state index is 3.54. The first kappa shape index (κ1) is 8.06. The minimum Gasteiger partial charge on any atom is -0.314 e. The van der Waals surface area contributed by atoms with E-state index in [4.69, 9.17) is 0 Å². The Kier molecular flexibility index (Phi) is 2.72. The van der Waals surface area contributed by atoms with Crippen molar-refractivity contribution in [1.82, 2.24) is 5.32 Å². The van der Waals surface area contributed by atoms with Crippen molar-refractivity contribution >= 4 is 0 Å². The van der Waals surface area contributed by atoms with Gasteiger partial charge in [-0.05, 0) is 31.2 Å². The molecule has 0 amide bonds. The Morgan fingerprint density at radius 1 is 1.50 bits per heavy atom. The average Bonchev–Trinajstić information content (AvgIpc) is 2.13. The molecule has 1 saturated heterocycles. The number of rotatable bonds is 2. The molecule has 1 N–H and O–H groups in total. The van der Waals surface area contributed by atoms with Gasteiger partial charge in [-0.2, -0.15) is 0 Å². The van der Waals surface area contributed by atoms with Crippen LogP contribution in [-0.4, -0.2) is 12.6 Å². The summed E-state index contributed by atoms with van der Waals surface area (Å²) >= 11 is 0. The van der Waals surface area contributed by atoms with E-state index in [1.165, 1.54) is 19.4 Å². The topological polar surface area (TPSA) is 12.0 Å². The molecule has 1 heteroatoms. The molecule has 0 aromatic heterocycles. The Morgan fingerprint density at radius 2 is 2.20 bits per heavy atom. The van der Waals surface area contributed by atoms with E-state index >= 15 is 0 Å². The van der Waals surface area contributed by atoms with Gasteiger partial charge in [-0.15, -0.1) is 0 Å². The van der Waals surface area contributed by atoms with Crippen molar-refractivity contribution in [3.63, 3.8) is 0 Å². The summed E-state index contributed by atoms with van der Waals surface area (Å²) in [5.74, 6) is 1.76.